The molecule has 6 heteroatoms. The van der Waals surface area contributed by atoms with Crippen molar-refractivity contribution in [1.29, 1.82) is 5.26 Å². The maximum Gasteiger partial charge on any atom is 0.266 e. The standard InChI is InChI=1S/C26H23FN2O3/c1-17-10-18(2)12-20(11-17)16-32-24-9-4-19(14-25(24)31-3)13-21(15-28)26(30)29-23-7-5-22(27)6-8-23/h4-14H,16H2,1-3H3,(H,29,30)/b21-13+. The molecule has 0 atom stereocenters. The lowest BCUT2D eigenvalue weighted by atomic mass is 10.1. The van der Waals surface area contributed by atoms with Crippen LogP contribution in [0.2, 0.25) is 0 Å². The molecule has 162 valence electrons. The second-order valence-electron chi connectivity index (χ2n) is 7.33. The van der Waals surface area contributed by atoms with Crippen LogP contribution in [0.15, 0.2) is 66.2 Å². The van der Waals surface area contributed by atoms with Crippen LogP contribution < -0.4 is 14.8 Å². The predicted octanol–water partition coefficient (Wildman–Crippen LogP) is 5.58. The topological polar surface area (TPSA) is 71.3 Å². The number of rotatable bonds is 7. The molecule has 0 aliphatic rings. The van der Waals surface area contributed by atoms with Gasteiger partial charge in [-0.1, -0.05) is 35.4 Å². The van der Waals surface area contributed by atoms with Crippen LogP contribution in [0.4, 0.5) is 10.1 Å². The zero-order valence-corrected chi connectivity index (χ0v) is 18.1. The van der Waals surface area contributed by atoms with Gasteiger partial charge in [0.05, 0.1) is 7.11 Å². The summed E-state index contributed by atoms with van der Waals surface area (Å²) < 4.78 is 24.4. The maximum atomic E-state index is 13.0. The maximum absolute atomic E-state index is 13.0. The fourth-order valence-electron chi connectivity index (χ4n) is 3.25. The van der Waals surface area contributed by atoms with Gasteiger partial charge < -0.3 is 14.8 Å². The van der Waals surface area contributed by atoms with Gasteiger partial charge in [0.1, 0.15) is 24.1 Å². The van der Waals surface area contributed by atoms with E-state index in [0.29, 0.717) is 29.4 Å². The van der Waals surface area contributed by atoms with Crippen LogP contribution in [-0.2, 0) is 11.4 Å². The second-order valence-corrected chi connectivity index (χ2v) is 7.33. The van der Waals surface area contributed by atoms with Gasteiger partial charge in [0.15, 0.2) is 11.5 Å². The lowest BCUT2D eigenvalue weighted by molar-refractivity contribution is -0.112. The van der Waals surface area contributed by atoms with E-state index in [4.69, 9.17) is 9.47 Å². The summed E-state index contributed by atoms with van der Waals surface area (Å²) in [5.41, 5.74) is 4.28. The highest BCUT2D eigenvalue weighted by molar-refractivity contribution is 6.09. The van der Waals surface area contributed by atoms with Crippen molar-refractivity contribution in [3.63, 3.8) is 0 Å². The Hall–Kier alpha value is -4.11. The number of carbonyl (C=O) groups is 1. The molecule has 1 amide bonds. The van der Waals surface area contributed by atoms with E-state index in [0.717, 1.165) is 5.56 Å². The number of benzene rings is 3. The van der Waals surface area contributed by atoms with Gasteiger partial charge in [-0.05, 0) is 67.4 Å². The molecular formula is C26H23FN2O3. The Balaban J connectivity index is 1.75. The SMILES string of the molecule is COc1cc(/C=C(\C#N)C(=O)Nc2ccc(F)cc2)ccc1OCc1cc(C)cc(C)c1. The molecule has 3 aromatic rings. The number of amides is 1. The molecule has 0 saturated carbocycles. The summed E-state index contributed by atoms with van der Waals surface area (Å²) in [4.78, 5) is 12.4. The Labute approximate surface area is 186 Å². The Morgan fingerprint density at radius 2 is 1.72 bits per heavy atom. The Bertz CT molecular complexity index is 1170. The minimum absolute atomic E-state index is 0.0970. The fourth-order valence-corrected chi connectivity index (χ4v) is 3.25. The van der Waals surface area contributed by atoms with Crippen LogP contribution in [0.3, 0.4) is 0 Å². The first-order valence-electron chi connectivity index (χ1n) is 9.94. The number of carbonyl (C=O) groups excluding carboxylic acids is 1. The predicted molar refractivity (Wildman–Crippen MR) is 122 cm³/mol. The number of ether oxygens (including phenoxy) is 2. The van der Waals surface area contributed by atoms with Crippen LogP contribution in [0.25, 0.3) is 6.08 Å². The number of methoxy groups -OCH3 is 1. The molecule has 0 aliphatic heterocycles. The molecule has 5 nitrogen and oxygen atoms in total. The third kappa shape index (κ3) is 5.96. The zero-order valence-electron chi connectivity index (χ0n) is 18.1. The highest BCUT2D eigenvalue weighted by Crippen LogP contribution is 2.30. The van der Waals surface area contributed by atoms with E-state index >= 15 is 0 Å². The van der Waals surface area contributed by atoms with Crippen LogP contribution in [0, 0.1) is 31.0 Å². The number of aryl methyl sites for hydroxylation is 2. The van der Waals surface area contributed by atoms with Crippen LogP contribution in [0.1, 0.15) is 22.3 Å². The zero-order chi connectivity index (χ0) is 23.1. The molecule has 0 radical (unpaired) electrons. The summed E-state index contributed by atoms with van der Waals surface area (Å²) in [6.45, 7) is 4.46. The molecule has 3 rings (SSSR count). The van der Waals surface area contributed by atoms with E-state index in [2.05, 4.69) is 23.5 Å². The number of hydrogen-bond acceptors (Lipinski definition) is 4. The van der Waals surface area contributed by atoms with Gasteiger partial charge in [0.25, 0.3) is 5.91 Å². The van der Waals surface area contributed by atoms with Crippen molar-refractivity contribution in [3.8, 4) is 17.6 Å². The number of nitriles is 1. The molecule has 0 aromatic heterocycles. The Kier molecular flexibility index (Phi) is 7.25. The first kappa shape index (κ1) is 22.6. The summed E-state index contributed by atoms with van der Waals surface area (Å²) in [6, 6.07) is 18.6. The van der Waals surface area contributed by atoms with Gasteiger partial charge >= 0.3 is 0 Å². The Morgan fingerprint density at radius 1 is 1.03 bits per heavy atom. The molecule has 0 heterocycles. The van der Waals surface area contributed by atoms with Gasteiger partial charge in [0, 0.05) is 5.69 Å². The molecule has 0 fully saturated rings. The molecule has 0 spiro atoms. The molecule has 0 unspecified atom stereocenters. The lowest BCUT2D eigenvalue weighted by Gasteiger charge is -2.12. The molecule has 3 aromatic carbocycles. The number of anilines is 1. The first-order chi connectivity index (χ1) is 15.4. The quantitative estimate of drug-likeness (QED) is 0.393. The highest BCUT2D eigenvalue weighted by Gasteiger charge is 2.12. The first-order valence-corrected chi connectivity index (χ1v) is 9.94. The van der Waals surface area contributed by atoms with E-state index in [1.165, 1.54) is 48.6 Å². The van der Waals surface area contributed by atoms with Gasteiger partial charge in [-0.3, -0.25) is 4.79 Å². The van der Waals surface area contributed by atoms with Crippen molar-refractivity contribution < 1.29 is 18.7 Å². The number of nitrogens with zero attached hydrogens (tertiary/aromatic N) is 1. The Morgan fingerprint density at radius 3 is 2.34 bits per heavy atom. The van der Waals surface area contributed by atoms with Crippen molar-refractivity contribution in [3.05, 3.63) is 94.3 Å². The van der Waals surface area contributed by atoms with Crippen molar-refractivity contribution >= 4 is 17.7 Å². The molecule has 32 heavy (non-hydrogen) atoms. The smallest absolute Gasteiger partial charge is 0.266 e. The fraction of sp³-hybridized carbons (Fsp3) is 0.154. The summed E-state index contributed by atoms with van der Waals surface area (Å²) in [7, 11) is 1.53. The van der Waals surface area contributed by atoms with E-state index in [9.17, 15) is 14.4 Å². The van der Waals surface area contributed by atoms with E-state index in [1.807, 2.05) is 19.9 Å². The van der Waals surface area contributed by atoms with Gasteiger partial charge in [0.2, 0.25) is 0 Å². The van der Waals surface area contributed by atoms with Crippen molar-refractivity contribution in [2.75, 3.05) is 12.4 Å². The van der Waals surface area contributed by atoms with Gasteiger partial charge in [-0.2, -0.15) is 5.26 Å². The molecule has 0 aliphatic carbocycles. The summed E-state index contributed by atoms with van der Waals surface area (Å²) in [5.74, 6) is 0.0386. The second kappa shape index (κ2) is 10.3. The number of hydrogen-bond donors (Lipinski definition) is 1. The summed E-state index contributed by atoms with van der Waals surface area (Å²) in [5, 5.41) is 12.0. The average Bonchev–Trinajstić information content (AvgIpc) is 2.77. The molecule has 0 saturated heterocycles. The van der Waals surface area contributed by atoms with Crippen molar-refractivity contribution in [2.45, 2.75) is 20.5 Å². The molecular weight excluding hydrogens is 407 g/mol. The van der Waals surface area contributed by atoms with E-state index in [-0.39, 0.29) is 5.57 Å². The number of nitrogens with one attached hydrogen (secondary N) is 1. The number of halogens is 1. The third-order valence-electron chi connectivity index (χ3n) is 4.64. The third-order valence-corrected chi connectivity index (χ3v) is 4.64. The van der Waals surface area contributed by atoms with Gasteiger partial charge in [-0.25, -0.2) is 4.39 Å². The average molecular weight is 430 g/mol. The van der Waals surface area contributed by atoms with E-state index in [1.54, 1.807) is 18.2 Å². The van der Waals surface area contributed by atoms with Crippen molar-refractivity contribution in [2.24, 2.45) is 0 Å². The summed E-state index contributed by atoms with van der Waals surface area (Å²) in [6.07, 6.45) is 1.45. The minimum Gasteiger partial charge on any atom is -0.493 e. The summed E-state index contributed by atoms with van der Waals surface area (Å²) >= 11 is 0. The van der Waals surface area contributed by atoms with Crippen molar-refractivity contribution in [1.82, 2.24) is 0 Å². The van der Waals surface area contributed by atoms with Gasteiger partial charge in [-0.15, -0.1) is 0 Å². The van der Waals surface area contributed by atoms with Crippen LogP contribution in [0.5, 0.6) is 11.5 Å². The molecule has 1 N–H and O–H groups in total. The normalized spacial score (nSPS) is 10.9. The monoisotopic (exact) mass is 430 g/mol. The molecule has 0 bridgehead atoms. The highest BCUT2D eigenvalue weighted by atomic mass is 19.1. The lowest BCUT2D eigenvalue weighted by Crippen LogP contribution is -2.13. The van der Waals surface area contributed by atoms with Crippen LogP contribution in [-0.4, -0.2) is 13.0 Å². The van der Waals surface area contributed by atoms with Crippen LogP contribution >= 0.6 is 0 Å². The van der Waals surface area contributed by atoms with E-state index < -0.39 is 11.7 Å². The largest absolute Gasteiger partial charge is 0.493 e. The minimum atomic E-state index is -0.590.